The van der Waals surface area contributed by atoms with Crippen LogP contribution in [0.1, 0.15) is 24.5 Å². The number of rotatable bonds is 0. The second kappa shape index (κ2) is 2.81. The van der Waals surface area contributed by atoms with Gasteiger partial charge in [0.1, 0.15) is 0 Å². The predicted octanol–water partition coefficient (Wildman–Crippen LogP) is 2.74. The van der Waals surface area contributed by atoms with E-state index in [4.69, 9.17) is 0 Å². The molecule has 0 aromatic heterocycles. The third-order valence-electron chi connectivity index (χ3n) is 2.64. The average molecular weight is 161 g/mol. The lowest BCUT2D eigenvalue weighted by atomic mass is 9.95. The Balaban J connectivity index is 2.42. The Morgan fingerprint density at radius 3 is 3.08 bits per heavy atom. The van der Waals surface area contributed by atoms with Crippen molar-refractivity contribution in [3.8, 4) is 0 Å². The molecule has 1 atom stereocenters. The highest BCUT2D eigenvalue weighted by atomic mass is 14.9. The van der Waals surface area contributed by atoms with E-state index in [1.807, 2.05) is 0 Å². The molecule has 0 fully saturated rings. The minimum Gasteiger partial charge on any atom is -0.382 e. The lowest BCUT2D eigenvalue weighted by Gasteiger charge is -2.25. The van der Waals surface area contributed by atoms with E-state index >= 15 is 0 Å². The van der Waals surface area contributed by atoms with Crippen molar-refractivity contribution in [2.24, 2.45) is 0 Å². The zero-order valence-corrected chi connectivity index (χ0v) is 7.72. The van der Waals surface area contributed by atoms with Crippen molar-refractivity contribution in [1.29, 1.82) is 0 Å². The molecule has 1 unspecified atom stereocenters. The lowest BCUT2D eigenvalue weighted by molar-refractivity contribution is 0.678. The van der Waals surface area contributed by atoms with Gasteiger partial charge in [0.25, 0.3) is 0 Å². The number of anilines is 1. The summed E-state index contributed by atoms with van der Waals surface area (Å²) in [5.41, 5.74) is 4.27. The molecule has 1 aromatic carbocycles. The average Bonchev–Trinajstić information content (AvgIpc) is 2.04. The number of benzene rings is 1. The Morgan fingerprint density at radius 2 is 2.25 bits per heavy atom. The van der Waals surface area contributed by atoms with E-state index < -0.39 is 0 Å². The number of fused-ring (bicyclic) bond motifs is 1. The van der Waals surface area contributed by atoms with Gasteiger partial charge in [-0.2, -0.15) is 0 Å². The Hall–Kier alpha value is -0.980. The summed E-state index contributed by atoms with van der Waals surface area (Å²) in [6, 6.07) is 7.13. The standard InChI is InChI=1S/C11H15N/c1-8-4-3-5-11-10(8)7-6-9(2)12-11/h3-5,9,12H,6-7H2,1-2H3. The van der Waals surface area contributed by atoms with Crippen LogP contribution in [0, 0.1) is 6.92 Å². The highest BCUT2D eigenvalue weighted by Gasteiger charge is 2.14. The molecule has 12 heavy (non-hydrogen) atoms. The number of aryl methyl sites for hydroxylation is 1. The molecule has 1 aliphatic heterocycles. The predicted molar refractivity (Wildman–Crippen MR) is 52.6 cm³/mol. The highest BCUT2D eigenvalue weighted by molar-refractivity contribution is 5.56. The van der Waals surface area contributed by atoms with Gasteiger partial charge in [-0.15, -0.1) is 0 Å². The zero-order chi connectivity index (χ0) is 8.55. The molecule has 0 saturated carbocycles. The molecule has 0 bridgehead atoms. The highest BCUT2D eigenvalue weighted by Crippen LogP contribution is 2.26. The molecule has 0 amide bonds. The van der Waals surface area contributed by atoms with Gasteiger partial charge < -0.3 is 5.32 Å². The van der Waals surface area contributed by atoms with Crippen molar-refractivity contribution in [2.45, 2.75) is 32.7 Å². The monoisotopic (exact) mass is 161 g/mol. The SMILES string of the molecule is Cc1cccc2c1CCC(C)N2. The maximum atomic E-state index is 3.50. The third-order valence-corrected chi connectivity index (χ3v) is 2.64. The van der Waals surface area contributed by atoms with E-state index in [0.717, 1.165) is 0 Å². The van der Waals surface area contributed by atoms with Crippen LogP contribution in [0.4, 0.5) is 5.69 Å². The fourth-order valence-corrected chi connectivity index (χ4v) is 1.87. The van der Waals surface area contributed by atoms with Crippen molar-refractivity contribution in [1.82, 2.24) is 0 Å². The van der Waals surface area contributed by atoms with E-state index in [9.17, 15) is 0 Å². The Bertz CT molecular complexity index is 291. The number of hydrogen-bond donors (Lipinski definition) is 1. The summed E-state index contributed by atoms with van der Waals surface area (Å²) >= 11 is 0. The molecule has 1 nitrogen and oxygen atoms in total. The molecule has 0 saturated heterocycles. The first-order valence-corrected chi connectivity index (χ1v) is 4.62. The van der Waals surface area contributed by atoms with Gasteiger partial charge >= 0.3 is 0 Å². The van der Waals surface area contributed by atoms with E-state index in [1.54, 1.807) is 0 Å². The largest absolute Gasteiger partial charge is 0.382 e. The van der Waals surface area contributed by atoms with E-state index in [0.29, 0.717) is 6.04 Å². The maximum absolute atomic E-state index is 3.50. The van der Waals surface area contributed by atoms with Crippen molar-refractivity contribution < 1.29 is 0 Å². The van der Waals surface area contributed by atoms with Crippen LogP contribution in [0.5, 0.6) is 0 Å². The quantitative estimate of drug-likeness (QED) is 0.617. The molecule has 0 aliphatic carbocycles. The minimum atomic E-state index is 0.638. The molecular weight excluding hydrogens is 146 g/mol. The van der Waals surface area contributed by atoms with Gasteiger partial charge in [0.05, 0.1) is 0 Å². The van der Waals surface area contributed by atoms with Crippen molar-refractivity contribution >= 4 is 5.69 Å². The van der Waals surface area contributed by atoms with Crippen LogP contribution in [-0.2, 0) is 6.42 Å². The third kappa shape index (κ3) is 1.20. The summed E-state index contributed by atoms with van der Waals surface area (Å²) in [5, 5.41) is 3.50. The molecule has 1 aromatic rings. The van der Waals surface area contributed by atoms with Gasteiger partial charge in [-0.05, 0) is 43.9 Å². The summed E-state index contributed by atoms with van der Waals surface area (Å²) in [5.74, 6) is 0. The minimum absolute atomic E-state index is 0.638. The first kappa shape index (κ1) is 7.66. The van der Waals surface area contributed by atoms with Gasteiger partial charge in [-0.25, -0.2) is 0 Å². The van der Waals surface area contributed by atoms with E-state index in [2.05, 4.69) is 37.4 Å². The molecule has 1 heterocycles. The molecule has 1 aliphatic rings. The topological polar surface area (TPSA) is 12.0 Å². The van der Waals surface area contributed by atoms with Crippen LogP contribution in [0.3, 0.4) is 0 Å². The van der Waals surface area contributed by atoms with E-state index in [-0.39, 0.29) is 0 Å². The normalized spacial score (nSPS) is 21.3. The van der Waals surface area contributed by atoms with Gasteiger partial charge in [0.2, 0.25) is 0 Å². The summed E-state index contributed by atoms with van der Waals surface area (Å²) in [4.78, 5) is 0. The Kier molecular flexibility index (Phi) is 1.80. The molecule has 1 N–H and O–H groups in total. The van der Waals surface area contributed by atoms with Gasteiger partial charge in [-0.1, -0.05) is 12.1 Å². The molecular formula is C11H15N. The molecule has 64 valence electrons. The van der Waals surface area contributed by atoms with Crippen molar-refractivity contribution in [3.63, 3.8) is 0 Å². The van der Waals surface area contributed by atoms with E-state index in [1.165, 1.54) is 29.7 Å². The number of nitrogens with one attached hydrogen (secondary N) is 1. The Morgan fingerprint density at radius 1 is 1.42 bits per heavy atom. The summed E-state index contributed by atoms with van der Waals surface area (Å²) in [6.45, 7) is 4.43. The molecule has 1 heteroatoms. The molecule has 2 rings (SSSR count). The summed E-state index contributed by atoms with van der Waals surface area (Å²) in [6.07, 6.45) is 2.49. The lowest BCUT2D eigenvalue weighted by Crippen LogP contribution is -2.22. The fraction of sp³-hybridized carbons (Fsp3) is 0.455. The van der Waals surface area contributed by atoms with Crippen LogP contribution in [-0.4, -0.2) is 6.04 Å². The molecule has 0 spiro atoms. The summed E-state index contributed by atoms with van der Waals surface area (Å²) < 4.78 is 0. The van der Waals surface area contributed by atoms with Crippen molar-refractivity contribution in [3.05, 3.63) is 29.3 Å². The zero-order valence-electron chi connectivity index (χ0n) is 7.72. The van der Waals surface area contributed by atoms with Gasteiger partial charge in [0.15, 0.2) is 0 Å². The summed E-state index contributed by atoms with van der Waals surface area (Å²) in [7, 11) is 0. The van der Waals surface area contributed by atoms with Crippen LogP contribution in [0.15, 0.2) is 18.2 Å². The first-order chi connectivity index (χ1) is 5.77. The van der Waals surface area contributed by atoms with Crippen LogP contribution < -0.4 is 5.32 Å². The van der Waals surface area contributed by atoms with Gasteiger partial charge in [0, 0.05) is 11.7 Å². The fourth-order valence-electron chi connectivity index (χ4n) is 1.87. The smallest absolute Gasteiger partial charge is 0.0377 e. The van der Waals surface area contributed by atoms with Crippen molar-refractivity contribution in [2.75, 3.05) is 5.32 Å². The van der Waals surface area contributed by atoms with Crippen LogP contribution in [0.25, 0.3) is 0 Å². The first-order valence-electron chi connectivity index (χ1n) is 4.62. The second-order valence-corrected chi connectivity index (χ2v) is 3.69. The molecule has 0 radical (unpaired) electrons. The maximum Gasteiger partial charge on any atom is 0.0377 e. The van der Waals surface area contributed by atoms with Gasteiger partial charge in [-0.3, -0.25) is 0 Å². The number of hydrogen-bond acceptors (Lipinski definition) is 1. The second-order valence-electron chi connectivity index (χ2n) is 3.69. The van der Waals surface area contributed by atoms with Crippen LogP contribution in [0.2, 0.25) is 0 Å². The Labute approximate surface area is 73.8 Å². The van der Waals surface area contributed by atoms with Crippen LogP contribution >= 0.6 is 0 Å².